The summed E-state index contributed by atoms with van der Waals surface area (Å²) >= 11 is 0. The standard InChI is InChI=1S/C17H26N2O3/c1-12-8-9-14(22-2)10-16(12)19-17(21)18-15-7-5-3-4-6-13(15)11-20/h8-10,13,15,20H,3-7,11H2,1-2H3,(H2,18,19,21). The molecule has 2 atom stereocenters. The zero-order valence-corrected chi connectivity index (χ0v) is 13.4. The molecular weight excluding hydrogens is 280 g/mol. The Labute approximate surface area is 132 Å². The fourth-order valence-corrected chi connectivity index (χ4v) is 2.98. The molecule has 0 aromatic heterocycles. The van der Waals surface area contributed by atoms with E-state index in [0.29, 0.717) is 5.75 Å². The number of ether oxygens (including phenoxy) is 1. The van der Waals surface area contributed by atoms with E-state index in [4.69, 9.17) is 4.74 Å². The SMILES string of the molecule is COc1ccc(C)c(NC(=O)NC2CCCCCC2CO)c1. The normalized spacial score (nSPS) is 21.8. The Kier molecular flexibility index (Phi) is 6.07. The number of aryl methyl sites for hydroxylation is 1. The summed E-state index contributed by atoms with van der Waals surface area (Å²) in [4.78, 5) is 12.3. The third-order valence-corrected chi connectivity index (χ3v) is 4.40. The first kappa shape index (κ1) is 16.6. The molecule has 1 aromatic rings. The van der Waals surface area contributed by atoms with E-state index in [1.54, 1.807) is 7.11 Å². The van der Waals surface area contributed by atoms with Gasteiger partial charge in [-0.05, 0) is 31.4 Å². The van der Waals surface area contributed by atoms with Crippen LogP contribution >= 0.6 is 0 Å². The van der Waals surface area contributed by atoms with Crippen molar-refractivity contribution in [3.63, 3.8) is 0 Å². The lowest BCUT2D eigenvalue weighted by Crippen LogP contribution is -2.43. The minimum absolute atomic E-state index is 0.0402. The van der Waals surface area contributed by atoms with Crippen LogP contribution in [0.5, 0.6) is 5.75 Å². The van der Waals surface area contributed by atoms with Crippen LogP contribution in [0.1, 0.15) is 37.7 Å². The Hall–Kier alpha value is -1.75. The van der Waals surface area contributed by atoms with E-state index in [0.717, 1.165) is 36.9 Å². The highest BCUT2D eigenvalue weighted by atomic mass is 16.5. The third-order valence-electron chi connectivity index (χ3n) is 4.40. The van der Waals surface area contributed by atoms with Gasteiger partial charge in [0.15, 0.2) is 0 Å². The van der Waals surface area contributed by atoms with E-state index >= 15 is 0 Å². The van der Waals surface area contributed by atoms with Gasteiger partial charge in [0.1, 0.15) is 5.75 Å². The molecule has 2 unspecified atom stereocenters. The van der Waals surface area contributed by atoms with Gasteiger partial charge < -0.3 is 20.5 Å². The van der Waals surface area contributed by atoms with Crippen LogP contribution in [-0.4, -0.2) is 30.9 Å². The maximum Gasteiger partial charge on any atom is 0.319 e. The van der Waals surface area contributed by atoms with E-state index in [2.05, 4.69) is 10.6 Å². The van der Waals surface area contributed by atoms with Gasteiger partial charge in [-0.15, -0.1) is 0 Å². The van der Waals surface area contributed by atoms with Crippen LogP contribution < -0.4 is 15.4 Å². The number of aliphatic hydroxyl groups is 1. The lowest BCUT2D eigenvalue weighted by Gasteiger charge is -2.24. The summed E-state index contributed by atoms with van der Waals surface area (Å²) in [5.74, 6) is 0.864. The first-order chi connectivity index (χ1) is 10.6. The van der Waals surface area contributed by atoms with Gasteiger partial charge in [-0.25, -0.2) is 4.79 Å². The van der Waals surface area contributed by atoms with Gasteiger partial charge in [-0.3, -0.25) is 0 Å². The van der Waals surface area contributed by atoms with Crippen LogP contribution in [0.2, 0.25) is 0 Å². The molecule has 0 spiro atoms. The van der Waals surface area contributed by atoms with E-state index in [1.165, 1.54) is 6.42 Å². The summed E-state index contributed by atoms with van der Waals surface area (Å²) < 4.78 is 5.19. The molecule has 22 heavy (non-hydrogen) atoms. The Balaban J connectivity index is 1.99. The molecule has 1 aliphatic rings. The highest BCUT2D eigenvalue weighted by molar-refractivity contribution is 5.90. The molecule has 2 amide bonds. The summed E-state index contributed by atoms with van der Waals surface area (Å²) in [6.45, 7) is 2.07. The maximum atomic E-state index is 12.3. The summed E-state index contributed by atoms with van der Waals surface area (Å²) in [6, 6.07) is 5.41. The number of hydrogen-bond acceptors (Lipinski definition) is 3. The Bertz CT molecular complexity index is 505. The summed E-state index contributed by atoms with van der Waals surface area (Å²) in [7, 11) is 1.60. The number of carbonyl (C=O) groups excluding carboxylic acids is 1. The smallest absolute Gasteiger partial charge is 0.319 e. The van der Waals surface area contributed by atoms with Crippen molar-refractivity contribution in [2.24, 2.45) is 5.92 Å². The predicted octanol–water partition coefficient (Wildman–Crippen LogP) is 3.07. The van der Waals surface area contributed by atoms with Gasteiger partial charge >= 0.3 is 6.03 Å². The first-order valence-corrected chi connectivity index (χ1v) is 7.97. The molecule has 1 saturated carbocycles. The van der Waals surface area contributed by atoms with Crippen LogP contribution in [-0.2, 0) is 0 Å². The van der Waals surface area contributed by atoms with Crippen molar-refractivity contribution in [1.29, 1.82) is 0 Å². The fourth-order valence-electron chi connectivity index (χ4n) is 2.98. The van der Waals surface area contributed by atoms with E-state index in [-0.39, 0.29) is 24.6 Å². The molecule has 1 aliphatic carbocycles. The summed E-state index contributed by atoms with van der Waals surface area (Å²) in [6.07, 6.45) is 5.29. The number of nitrogens with one attached hydrogen (secondary N) is 2. The van der Waals surface area contributed by atoms with E-state index < -0.39 is 0 Å². The average Bonchev–Trinajstić information content (AvgIpc) is 2.74. The highest BCUT2D eigenvalue weighted by Gasteiger charge is 2.24. The first-order valence-electron chi connectivity index (χ1n) is 7.97. The number of methoxy groups -OCH3 is 1. The van der Waals surface area contributed by atoms with Crippen molar-refractivity contribution >= 4 is 11.7 Å². The fraction of sp³-hybridized carbons (Fsp3) is 0.588. The Morgan fingerprint density at radius 3 is 2.82 bits per heavy atom. The zero-order chi connectivity index (χ0) is 15.9. The second-order valence-corrected chi connectivity index (χ2v) is 5.97. The quantitative estimate of drug-likeness (QED) is 0.749. The number of benzene rings is 1. The monoisotopic (exact) mass is 306 g/mol. The highest BCUT2D eigenvalue weighted by Crippen LogP contribution is 2.24. The molecule has 2 rings (SSSR count). The van der Waals surface area contributed by atoms with E-state index in [9.17, 15) is 9.90 Å². The number of carbonyl (C=O) groups is 1. The van der Waals surface area contributed by atoms with Gasteiger partial charge in [-0.1, -0.05) is 25.3 Å². The molecule has 0 radical (unpaired) electrons. The van der Waals surface area contributed by atoms with Crippen molar-refractivity contribution in [2.45, 2.75) is 45.1 Å². The predicted molar refractivity (Wildman–Crippen MR) is 87.3 cm³/mol. The topological polar surface area (TPSA) is 70.6 Å². The molecule has 5 nitrogen and oxygen atoms in total. The summed E-state index contributed by atoms with van der Waals surface area (Å²) in [5, 5.41) is 15.4. The third kappa shape index (κ3) is 4.37. The number of aliphatic hydroxyl groups excluding tert-OH is 1. The van der Waals surface area contributed by atoms with Crippen molar-refractivity contribution in [3.8, 4) is 5.75 Å². The molecule has 0 heterocycles. The largest absolute Gasteiger partial charge is 0.497 e. The van der Waals surface area contributed by atoms with Gasteiger partial charge in [0.2, 0.25) is 0 Å². The minimum Gasteiger partial charge on any atom is -0.497 e. The van der Waals surface area contributed by atoms with Crippen molar-refractivity contribution in [3.05, 3.63) is 23.8 Å². The zero-order valence-electron chi connectivity index (χ0n) is 13.4. The molecule has 1 aromatic carbocycles. The van der Waals surface area contributed by atoms with Crippen LogP contribution in [0.15, 0.2) is 18.2 Å². The number of urea groups is 1. The molecule has 5 heteroatoms. The van der Waals surface area contributed by atoms with Gasteiger partial charge in [0.05, 0.1) is 7.11 Å². The van der Waals surface area contributed by atoms with Gasteiger partial charge in [0, 0.05) is 30.3 Å². The molecule has 0 bridgehead atoms. The molecule has 1 fully saturated rings. The Morgan fingerprint density at radius 2 is 2.09 bits per heavy atom. The molecule has 0 aliphatic heterocycles. The number of anilines is 1. The minimum atomic E-state index is -0.221. The van der Waals surface area contributed by atoms with Crippen LogP contribution in [0, 0.1) is 12.8 Å². The van der Waals surface area contributed by atoms with Gasteiger partial charge in [-0.2, -0.15) is 0 Å². The van der Waals surface area contributed by atoms with Crippen molar-refractivity contribution in [2.75, 3.05) is 19.0 Å². The van der Waals surface area contributed by atoms with Crippen LogP contribution in [0.25, 0.3) is 0 Å². The molecule has 122 valence electrons. The van der Waals surface area contributed by atoms with Crippen molar-refractivity contribution in [1.82, 2.24) is 5.32 Å². The van der Waals surface area contributed by atoms with Gasteiger partial charge in [0.25, 0.3) is 0 Å². The van der Waals surface area contributed by atoms with Crippen LogP contribution in [0.3, 0.4) is 0 Å². The molecular formula is C17H26N2O3. The number of hydrogen-bond donors (Lipinski definition) is 3. The second-order valence-electron chi connectivity index (χ2n) is 5.97. The van der Waals surface area contributed by atoms with Crippen LogP contribution in [0.4, 0.5) is 10.5 Å². The lowest BCUT2D eigenvalue weighted by molar-refractivity contribution is 0.182. The second kappa shape index (κ2) is 8.03. The Morgan fingerprint density at radius 1 is 1.32 bits per heavy atom. The number of amides is 2. The lowest BCUT2D eigenvalue weighted by atomic mass is 9.96. The number of rotatable bonds is 4. The van der Waals surface area contributed by atoms with E-state index in [1.807, 2.05) is 25.1 Å². The molecule has 0 saturated heterocycles. The summed E-state index contributed by atoms with van der Waals surface area (Å²) in [5.41, 5.74) is 1.72. The average molecular weight is 306 g/mol. The molecule has 3 N–H and O–H groups in total. The van der Waals surface area contributed by atoms with Crippen molar-refractivity contribution < 1.29 is 14.6 Å². The maximum absolute atomic E-state index is 12.3.